The lowest BCUT2D eigenvalue weighted by Crippen LogP contribution is -2.19. The minimum atomic E-state index is 0.116. The molecule has 0 bridgehead atoms. The number of hydrogen-bond donors (Lipinski definition) is 1. The predicted octanol–water partition coefficient (Wildman–Crippen LogP) is 3.87. The topological polar surface area (TPSA) is 39.7 Å². The van der Waals surface area contributed by atoms with E-state index in [0.29, 0.717) is 6.54 Å². The van der Waals surface area contributed by atoms with Gasteiger partial charge in [0.2, 0.25) is 0 Å². The van der Waals surface area contributed by atoms with Crippen molar-refractivity contribution in [3.05, 3.63) is 53.1 Å². The Hall–Kier alpha value is -2.20. The average Bonchev–Trinajstić information content (AvgIpc) is 2.59. The molecule has 0 radical (unpaired) electrons. The molecule has 124 valence electrons. The zero-order valence-electron chi connectivity index (χ0n) is 14.5. The van der Waals surface area contributed by atoms with Gasteiger partial charge in [0.05, 0.1) is 21.3 Å². The van der Waals surface area contributed by atoms with Gasteiger partial charge in [-0.2, -0.15) is 0 Å². The van der Waals surface area contributed by atoms with Crippen LogP contribution in [0, 0.1) is 6.92 Å². The number of methoxy groups -OCH3 is 3. The number of hydrogen-bond acceptors (Lipinski definition) is 4. The maximum Gasteiger partial charge on any atom is 0.123 e. The third kappa shape index (κ3) is 4.17. The molecule has 0 aliphatic heterocycles. The monoisotopic (exact) mass is 315 g/mol. The van der Waals surface area contributed by atoms with Crippen molar-refractivity contribution in [2.75, 3.05) is 21.3 Å². The molecule has 4 nitrogen and oxygen atoms in total. The Bertz CT molecular complexity index is 655. The van der Waals surface area contributed by atoms with Crippen molar-refractivity contribution in [2.24, 2.45) is 0 Å². The summed E-state index contributed by atoms with van der Waals surface area (Å²) < 4.78 is 16.2. The molecule has 0 spiro atoms. The highest BCUT2D eigenvalue weighted by Crippen LogP contribution is 2.30. The summed E-state index contributed by atoms with van der Waals surface area (Å²) in [5.74, 6) is 2.57. The second-order valence-electron chi connectivity index (χ2n) is 5.53. The summed E-state index contributed by atoms with van der Waals surface area (Å²) in [5.41, 5.74) is 3.42. The van der Waals surface area contributed by atoms with Crippen LogP contribution in [-0.2, 0) is 6.54 Å². The lowest BCUT2D eigenvalue weighted by atomic mass is 10.1. The summed E-state index contributed by atoms with van der Waals surface area (Å²) >= 11 is 0. The average molecular weight is 315 g/mol. The Labute approximate surface area is 138 Å². The van der Waals surface area contributed by atoms with Crippen molar-refractivity contribution < 1.29 is 14.2 Å². The van der Waals surface area contributed by atoms with E-state index in [4.69, 9.17) is 14.2 Å². The van der Waals surface area contributed by atoms with Gasteiger partial charge < -0.3 is 19.5 Å². The Balaban J connectivity index is 2.16. The van der Waals surface area contributed by atoms with Crippen molar-refractivity contribution >= 4 is 0 Å². The van der Waals surface area contributed by atoms with Crippen LogP contribution < -0.4 is 19.5 Å². The smallest absolute Gasteiger partial charge is 0.123 e. The summed E-state index contributed by atoms with van der Waals surface area (Å²) in [6.45, 7) is 4.91. The van der Waals surface area contributed by atoms with Crippen LogP contribution in [0.1, 0.15) is 29.7 Å². The van der Waals surface area contributed by atoms with Gasteiger partial charge >= 0.3 is 0 Å². The van der Waals surface area contributed by atoms with Gasteiger partial charge in [-0.05, 0) is 38.1 Å². The van der Waals surface area contributed by atoms with Crippen molar-refractivity contribution in [1.29, 1.82) is 0 Å². The standard InChI is InChI=1S/C19H25NO3/c1-13-6-8-18(22-4)15(10-13)12-20-14(2)17-11-16(21-3)7-9-19(17)23-5/h6-11,14,20H,12H2,1-5H3. The van der Waals surface area contributed by atoms with E-state index in [1.54, 1.807) is 21.3 Å². The Morgan fingerprint density at radius 3 is 2.26 bits per heavy atom. The fourth-order valence-electron chi connectivity index (χ4n) is 2.60. The van der Waals surface area contributed by atoms with Gasteiger partial charge in [-0.3, -0.25) is 0 Å². The lowest BCUT2D eigenvalue weighted by Gasteiger charge is -2.19. The van der Waals surface area contributed by atoms with E-state index in [1.807, 2.05) is 24.3 Å². The molecule has 2 rings (SSSR count). The summed E-state index contributed by atoms with van der Waals surface area (Å²) in [5, 5.41) is 3.53. The largest absolute Gasteiger partial charge is 0.497 e. The second-order valence-corrected chi connectivity index (χ2v) is 5.53. The normalized spacial score (nSPS) is 11.9. The van der Waals surface area contributed by atoms with Crippen LogP contribution >= 0.6 is 0 Å². The minimum Gasteiger partial charge on any atom is -0.497 e. The van der Waals surface area contributed by atoms with Crippen molar-refractivity contribution in [2.45, 2.75) is 26.4 Å². The highest BCUT2D eigenvalue weighted by Gasteiger charge is 2.13. The van der Waals surface area contributed by atoms with Crippen LogP contribution in [0.15, 0.2) is 36.4 Å². The molecule has 0 aliphatic rings. The van der Waals surface area contributed by atoms with Gasteiger partial charge in [0.1, 0.15) is 17.2 Å². The van der Waals surface area contributed by atoms with E-state index in [2.05, 4.69) is 31.3 Å². The second kappa shape index (κ2) is 7.88. The van der Waals surface area contributed by atoms with Gasteiger partial charge in [-0.1, -0.05) is 17.7 Å². The fraction of sp³-hybridized carbons (Fsp3) is 0.368. The Morgan fingerprint density at radius 1 is 0.913 bits per heavy atom. The van der Waals surface area contributed by atoms with Crippen LogP contribution in [0.2, 0.25) is 0 Å². The Kier molecular flexibility index (Phi) is 5.88. The van der Waals surface area contributed by atoms with Gasteiger partial charge in [0.15, 0.2) is 0 Å². The highest BCUT2D eigenvalue weighted by molar-refractivity contribution is 5.42. The predicted molar refractivity (Wildman–Crippen MR) is 92.5 cm³/mol. The molecule has 1 unspecified atom stereocenters. The summed E-state index contributed by atoms with van der Waals surface area (Å²) in [7, 11) is 5.05. The molecule has 0 fully saturated rings. The van der Waals surface area contributed by atoms with Crippen LogP contribution in [0.5, 0.6) is 17.2 Å². The zero-order chi connectivity index (χ0) is 16.8. The number of rotatable bonds is 7. The summed E-state index contributed by atoms with van der Waals surface area (Å²) in [6, 6.07) is 12.1. The third-order valence-electron chi connectivity index (χ3n) is 3.94. The van der Waals surface area contributed by atoms with E-state index in [9.17, 15) is 0 Å². The molecule has 0 aromatic heterocycles. The molecular formula is C19H25NO3. The van der Waals surface area contributed by atoms with Crippen LogP contribution in [0.3, 0.4) is 0 Å². The molecule has 1 N–H and O–H groups in total. The SMILES string of the molecule is COc1ccc(OC)c(C(C)NCc2cc(C)ccc2OC)c1. The van der Waals surface area contributed by atoms with Crippen LogP contribution in [0.25, 0.3) is 0 Å². The molecule has 1 atom stereocenters. The maximum absolute atomic E-state index is 5.46. The highest BCUT2D eigenvalue weighted by atomic mass is 16.5. The molecule has 2 aromatic carbocycles. The first-order valence-electron chi connectivity index (χ1n) is 7.67. The van der Waals surface area contributed by atoms with E-state index in [1.165, 1.54) is 5.56 Å². The molecule has 0 saturated heterocycles. The molecular weight excluding hydrogens is 290 g/mol. The number of nitrogens with one attached hydrogen (secondary N) is 1. The van der Waals surface area contributed by atoms with Crippen molar-refractivity contribution in [3.63, 3.8) is 0 Å². The van der Waals surface area contributed by atoms with E-state index >= 15 is 0 Å². The minimum absolute atomic E-state index is 0.116. The zero-order valence-corrected chi connectivity index (χ0v) is 14.5. The van der Waals surface area contributed by atoms with Gasteiger partial charge in [-0.15, -0.1) is 0 Å². The lowest BCUT2D eigenvalue weighted by molar-refractivity contribution is 0.389. The molecule has 4 heteroatoms. The molecule has 2 aromatic rings. The van der Waals surface area contributed by atoms with E-state index < -0.39 is 0 Å². The molecule has 0 aliphatic carbocycles. The first-order valence-corrected chi connectivity index (χ1v) is 7.67. The van der Waals surface area contributed by atoms with E-state index in [0.717, 1.165) is 28.4 Å². The molecule has 0 heterocycles. The van der Waals surface area contributed by atoms with Crippen molar-refractivity contribution in [3.8, 4) is 17.2 Å². The molecule has 23 heavy (non-hydrogen) atoms. The third-order valence-corrected chi connectivity index (χ3v) is 3.94. The maximum atomic E-state index is 5.46. The number of aryl methyl sites for hydroxylation is 1. The van der Waals surface area contributed by atoms with Gasteiger partial charge in [-0.25, -0.2) is 0 Å². The molecule has 0 saturated carbocycles. The fourth-order valence-corrected chi connectivity index (χ4v) is 2.60. The number of ether oxygens (including phenoxy) is 3. The van der Waals surface area contributed by atoms with Gasteiger partial charge in [0.25, 0.3) is 0 Å². The van der Waals surface area contributed by atoms with Crippen molar-refractivity contribution in [1.82, 2.24) is 5.32 Å². The van der Waals surface area contributed by atoms with E-state index in [-0.39, 0.29) is 6.04 Å². The van der Waals surface area contributed by atoms with Crippen LogP contribution in [-0.4, -0.2) is 21.3 Å². The first kappa shape index (κ1) is 17.2. The number of benzene rings is 2. The quantitative estimate of drug-likeness (QED) is 0.842. The molecule has 0 amide bonds. The summed E-state index contributed by atoms with van der Waals surface area (Å²) in [6.07, 6.45) is 0. The van der Waals surface area contributed by atoms with Crippen LogP contribution in [0.4, 0.5) is 0 Å². The first-order chi connectivity index (χ1) is 11.1. The van der Waals surface area contributed by atoms with Gasteiger partial charge in [0, 0.05) is 23.7 Å². The summed E-state index contributed by atoms with van der Waals surface area (Å²) in [4.78, 5) is 0. The Morgan fingerprint density at radius 2 is 1.61 bits per heavy atom.